The van der Waals surface area contributed by atoms with Gasteiger partial charge in [-0.05, 0) is 37.9 Å². The molecule has 1 atom stereocenters. The van der Waals surface area contributed by atoms with E-state index in [-0.39, 0.29) is 6.42 Å². The van der Waals surface area contributed by atoms with Crippen LogP contribution in [0.3, 0.4) is 0 Å². The summed E-state index contributed by atoms with van der Waals surface area (Å²) in [6.07, 6.45) is 3.90. The topological polar surface area (TPSA) is 65.1 Å². The average Bonchev–Trinajstić information content (AvgIpc) is 2.78. The van der Waals surface area contributed by atoms with Crippen LogP contribution in [0.15, 0.2) is 30.5 Å². The number of para-hydroxylation sites is 1. The van der Waals surface area contributed by atoms with E-state index in [1.54, 1.807) is 0 Å². The molecule has 0 aliphatic carbocycles. The van der Waals surface area contributed by atoms with Crippen molar-refractivity contribution in [3.8, 4) is 0 Å². The van der Waals surface area contributed by atoms with Crippen molar-refractivity contribution in [2.75, 3.05) is 6.54 Å². The van der Waals surface area contributed by atoms with Gasteiger partial charge in [-0.15, -0.1) is 0 Å². The lowest BCUT2D eigenvalue weighted by Crippen LogP contribution is -2.29. The number of benzene rings is 1. The minimum absolute atomic E-state index is 0.229. The van der Waals surface area contributed by atoms with Gasteiger partial charge < -0.3 is 15.4 Å². The zero-order valence-electron chi connectivity index (χ0n) is 11.1. The van der Waals surface area contributed by atoms with Crippen LogP contribution in [0.5, 0.6) is 0 Å². The molecule has 0 radical (unpaired) electrons. The molecule has 0 amide bonds. The minimum atomic E-state index is -0.730. The first-order valence-electron chi connectivity index (χ1n) is 6.67. The molecule has 2 rings (SSSR count). The van der Waals surface area contributed by atoms with Crippen LogP contribution >= 0.6 is 0 Å². The molecule has 3 N–H and O–H groups in total. The molecular formula is C15H20N2O2. The molecule has 0 saturated heterocycles. The smallest absolute Gasteiger partial charge is 0.303 e. The Morgan fingerprint density at radius 3 is 3.00 bits per heavy atom. The summed E-state index contributed by atoms with van der Waals surface area (Å²) in [5.74, 6) is -0.730. The molecule has 0 aliphatic heterocycles. The molecular weight excluding hydrogens is 240 g/mol. The minimum Gasteiger partial charge on any atom is -0.481 e. The highest BCUT2D eigenvalue weighted by Gasteiger charge is 2.07. The van der Waals surface area contributed by atoms with Crippen molar-refractivity contribution in [2.24, 2.45) is 0 Å². The van der Waals surface area contributed by atoms with Crippen LogP contribution in [0.25, 0.3) is 10.9 Å². The van der Waals surface area contributed by atoms with E-state index >= 15 is 0 Å². The van der Waals surface area contributed by atoms with E-state index in [0.717, 1.165) is 18.5 Å². The molecule has 1 aromatic heterocycles. The van der Waals surface area contributed by atoms with Crippen LogP contribution in [0.4, 0.5) is 0 Å². The van der Waals surface area contributed by atoms with Crippen LogP contribution < -0.4 is 5.32 Å². The normalized spacial score (nSPS) is 12.7. The number of H-pyrrole nitrogens is 1. The second-order valence-corrected chi connectivity index (χ2v) is 4.92. The van der Waals surface area contributed by atoms with Gasteiger partial charge in [0, 0.05) is 29.6 Å². The van der Waals surface area contributed by atoms with Crippen molar-refractivity contribution < 1.29 is 9.90 Å². The summed E-state index contributed by atoms with van der Waals surface area (Å²) in [5.41, 5.74) is 2.46. The summed E-state index contributed by atoms with van der Waals surface area (Å²) >= 11 is 0. The molecule has 0 aliphatic rings. The average molecular weight is 260 g/mol. The second-order valence-electron chi connectivity index (χ2n) is 4.92. The Morgan fingerprint density at radius 1 is 1.42 bits per heavy atom. The fourth-order valence-corrected chi connectivity index (χ4v) is 2.29. The van der Waals surface area contributed by atoms with Gasteiger partial charge in [-0.25, -0.2) is 0 Å². The number of carbonyl (C=O) groups is 1. The first-order chi connectivity index (χ1) is 9.16. The van der Waals surface area contributed by atoms with Crippen LogP contribution in [-0.4, -0.2) is 28.6 Å². The van der Waals surface area contributed by atoms with Crippen molar-refractivity contribution in [1.29, 1.82) is 0 Å². The number of carboxylic acids is 1. The predicted molar refractivity (Wildman–Crippen MR) is 76.3 cm³/mol. The van der Waals surface area contributed by atoms with E-state index in [0.29, 0.717) is 12.5 Å². The third-order valence-electron chi connectivity index (χ3n) is 3.26. The Kier molecular flexibility index (Phi) is 4.58. The van der Waals surface area contributed by atoms with Crippen molar-refractivity contribution in [3.63, 3.8) is 0 Å². The molecule has 1 aromatic carbocycles. The zero-order valence-corrected chi connectivity index (χ0v) is 11.1. The van der Waals surface area contributed by atoms with E-state index in [2.05, 4.69) is 35.6 Å². The van der Waals surface area contributed by atoms with E-state index in [1.165, 1.54) is 10.9 Å². The fraction of sp³-hybridized carbons (Fsp3) is 0.400. The highest BCUT2D eigenvalue weighted by molar-refractivity contribution is 5.83. The predicted octanol–water partition coefficient (Wildman–Crippen LogP) is 2.55. The van der Waals surface area contributed by atoms with Gasteiger partial charge in [-0.2, -0.15) is 0 Å². The van der Waals surface area contributed by atoms with Gasteiger partial charge >= 0.3 is 5.97 Å². The molecule has 2 aromatic rings. The Labute approximate surface area is 112 Å². The fourth-order valence-electron chi connectivity index (χ4n) is 2.29. The largest absolute Gasteiger partial charge is 0.481 e. The molecule has 0 spiro atoms. The Balaban J connectivity index is 1.85. The maximum atomic E-state index is 10.4. The number of hydrogen-bond acceptors (Lipinski definition) is 2. The summed E-state index contributed by atoms with van der Waals surface area (Å²) in [7, 11) is 0. The first-order valence-corrected chi connectivity index (χ1v) is 6.67. The van der Waals surface area contributed by atoms with Crippen LogP contribution in [-0.2, 0) is 11.2 Å². The van der Waals surface area contributed by atoms with Gasteiger partial charge in [0.15, 0.2) is 0 Å². The Bertz CT molecular complexity index is 548. The standard InChI is InChI=1S/C15H20N2O2/c1-11(16-8-4-7-15(18)19)9-12-10-17-14-6-3-2-5-13(12)14/h2-3,5-6,10-11,16-17H,4,7-9H2,1H3,(H,18,19). The molecule has 1 heterocycles. The maximum Gasteiger partial charge on any atom is 0.303 e. The quantitative estimate of drug-likeness (QED) is 0.670. The van der Waals surface area contributed by atoms with Crippen LogP contribution in [0, 0.1) is 0 Å². The molecule has 19 heavy (non-hydrogen) atoms. The van der Waals surface area contributed by atoms with Crippen LogP contribution in [0.2, 0.25) is 0 Å². The zero-order chi connectivity index (χ0) is 13.7. The number of aromatic amines is 1. The van der Waals surface area contributed by atoms with E-state index < -0.39 is 5.97 Å². The second kappa shape index (κ2) is 6.38. The van der Waals surface area contributed by atoms with Crippen molar-refractivity contribution in [1.82, 2.24) is 10.3 Å². The molecule has 0 bridgehead atoms. The third-order valence-corrected chi connectivity index (χ3v) is 3.26. The van der Waals surface area contributed by atoms with E-state index in [4.69, 9.17) is 5.11 Å². The Morgan fingerprint density at radius 2 is 2.21 bits per heavy atom. The van der Waals surface area contributed by atoms with Gasteiger partial charge in [0.05, 0.1) is 0 Å². The molecule has 102 valence electrons. The summed E-state index contributed by atoms with van der Waals surface area (Å²) in [6.45, 7) is 2.87. The number of rotatable bonds is 7. The SMILES string of the molecule is CC(Cc1c[nH]c2ccccc12)NCCCC(=O)O. The number of hydrogen-bond donors (Lipinski definition) is 3. The lowest BCUT2D eigenvalue weighted by molar-refractivity contribution is -0.137. The highest BCUT2D eigenvalue weighted by atomic mass is 16.4. The molecule has 4 nitrogen and oxygen atoms in total. The summed E-state index contributed by atoms with van der Waals surface area (Å²) in [6, 6.07) is 8.61. The lowest BCUT2D eigenvalue weighted by atomic mass is 10.1. The van der Waals surface area contributed by atoms with E-state index in [9.17, 15) is 4.79 Å². The molecule has 4 heteroatoms. The van der Waals surface area contributed by atoms with Crippen LogP contribution in [0.1, 0.15) is 25.3 Å². The third kappa shape index (κ3) is 3.83. The molecule has 0 saturated carbocycles. The maximum absolute atomic E-state index is 10.4. The van der Waals surface area contributed by atoms with Crippen molar-refractivity contribution in [2.45, 2.75) is 32.2 Å². The van der Waals surface area contributed by atoms with E-state index in [1.807, 2.05) is 12.1 Å². The first kappa shape index (κ1) is 13.6. The lowest BCUT2D eigenvalue weighted by Gasteiger charge is -2.12. The summed E-state index contributed by atoms with van der Waals surface area (Å²) < 4.78 is 0. The van der Waals surface area contributed by atoms with Gasteiger partial charge in [-0.1, -0.05) is 18.2 Å². The van der Waals surface area contributed by atoms with Gasteiger partial charge in [-0.3, -0.25) is 4.79 Å². The number of nitrogens with one attached hydrogen (secondary N) is 2. The van der Waals surface area contributed by atoms with Crippen molar-refractivity contribution in [3.05, 3.63) is 36.0 Å². The van der Waals surface area contributed by atoms with Gasteiger partial charge in [0.2, 0.25) is 0 Å². The number of aromatic nitrogens is 1. The monoisotopic (exact) mass is 260 g/mol. The summed E-state index contributed by atoms with van der Waals surface area (Å²) in [5, 5.41) is 13.2. The number of carboxylic acid groups (broad SMARTS) is 1. The van der Waals surface area contributed by atoms with Gasteiger partial charge in [0.1, 0.15) is 0 Å². The van der Waals surface area contributed by atoms with Gasteiger partial charge in [0.25, 0.3) is 0 Å². The Hall–Kier alpha value is -1.81. The highest BCUT2D eigenvalue weighted by Crippen LogP contribution is 2.18. The van der Waals surface area contributed by atoms with Crippen molar-refractivity contribution >= 4 is 16.9 Å². The summed E-state index contributed by atoms with van der Waals surface area (Å²) in [4.78, 5) is 13.7. The number of fused-ring (bicyclic) bond motifs is 1. The number of aliphatic carboxylic acids is 1. The molecule has 0 fully saturated rings. The molecule has 1 unspecified atom stereocenters.